The Labute approximate surface area is 166 Å². The molecule has 0 radical (unpaired) electrons. The fraction of sp³-hybridized carbons (Fsp3) is 0.292. The van der Waals surface area contributed by atoms with Gasteiger partial charge in [-0.05, 0) is 66.4 Å². The summed E-state index contributed by atoms with van der Waals surface area (Å²) in [5.74, 6) is 1.39. The molecule has 0 aliphatic carbocycles. The van der Waals surface area contributed by atoms with Crippen LogP contribution in [0.25, 0.3) is 10.8 Å². The van der Waals surface area contributed by atoms with E-state index in [0.29, 0.717) is 25.3 Å². The Bertz CT molecular complexity index is 951. The maximum absolute atomic E-state index is 12.5. The zero-order valence-electron chi connectivity index (χ0n) is 16.7. The van der Waals surface area contributed by atoms with Crippen LogP contribution < -0.4 is 14.8 Å². The van der Waals surface area contributed by atoms with E-state index in [4.69, 9.17) is 9.47 Å². The Morgan fingerprint density at radius 3 is 2.43 bits per heavy atom. The molecule has 28 heavy (non-hydrogen) atoms. The van der Waals surface area contributed by atoms with Gasteiger partial charge in [0.1, 0.15) is 18.1 Å². The summed E-state index contributed by atoms with van der Waals surface area (Å²) < 4.78 is 11.6. The fourth-order valence-corrected chi connectivity index (χ4v) is 2.99. The van der Waals surface area contributed by atoms with E-state index in [0.717, 1.165) is 16.5 Å². The lowest BCUT2D eigenvalue weighted by atomic mass is 10.1. The minimum Gasteiger partial charge on any atom is -0.492 e. The van der Waals surface area contributed by atoms with Crippen LogP contribution in [0.3, 0.4) is 0 Å². The molecule has 4 heteroatoms. The third-order valence-electron chi connectivity index (χ3n) is 4.81. The fourth-order valence-electron chi connectivity index (χ4n) is 2.99. The highest BCUT2D eigenvalue weighted by Gasteiger charge is 2.18. The lowest BCUT2D eigenvalue weighted by molar-refractivity contribution is -0.128. The zero-order chi connectivity index (χ0) is 19.9. The SMILES string of the molecule is CCC(Oc1ccc2ccccc2c1)C(=O)NCCOc1ccc(C)c(C)c1. The molecule has 1 unspecified atom stereocenters. The van der Waals surface area contributed by atoms with Crippen molar-refractivity contribution in [1.82, 2.24) is 5.32 Å². The topological polar surface area (TPSA) is 47.6 Å². The molecule has 1 amide bonds. The standard InChI is InChI=1S/C24H27NO3/c1-4-23(28-22-12-10-19-7-5-6-8-20(19)16-22)24(26)25-13-14-27-21-11-9-17(2)18(3)15-21/h5-12,15-16,23H,4,13-14H2,1-3H3,(H,25,26). The molecule has 0 bridgehead atoms. The van der Waals surface area contributed by atoms with Crippen LogP contribution in [-0.4, -0.2) is 25.2 Å². The Morgan fingerprint density at radius 1 is 0.929 bits per heavy atom. The van der Waals surface area contributed by atoms with Gasteiger partial charge in [0.15, 0.2) is 6.10 Å². The minimum absolute atomic E-state index is 0.126. The molecule has 3 aromatic carbocycles. The van der Waals surface area contributed by atoms with Crippen molar-refractivity contribution < 1.29 is 14.3 Å². The number of aryl methyl sites for hydroxylation is 2. The molecular weight excluding hydrogens is 350 g/mol. The second kappa shape index (κ2) is 9.27. The van der Waals surface area contributed by atoms with Crippen molar-refractivity contribution in [1.29, 1.82) is 0 Å². The molecule has 3 rings (SSSR count). The van der Waals surface area contributed by atoms with Gasteiger partial charge in [-0.15, -0.1) is 0 Å². The number of ether oxygens (including phenoxy) is 2. The maximum atomic E-state index is 12.5. The smallest absolute Gasteiger partial charge is 0.261 e. The molecule has 0 heterocycles. The van der Waals surface area contributed by atoms with Crippen LogP contribution in [0.5, 0.6) is 11.5 Å². The number of hydrogen-bond donors (Lipinski definition) is 1. The quantitative estimate of drug-likeness (QED) is 0.573. The first-order valence-electron chi connectivity index (χ1n) is 9.70. The highest BCUT2D eigenvalue weighted by Crippen LogP contribution is 2.22. The Balaban J connectivity index is 1.50. The first kappa shape index (κ1) is 19.7. The molecule has 0 saturated carbocycles. The summed E-state index contributed by atoms with van der Waals surface area (Å²) >= 11 is 0. The van der Waals surface area contributed by atoms with Gasteiger partial charge in [-0.25, -0.2) is 0 Å². The molecule has 0 aliphatic heterocycles. The lowest BCUT2D eigenvalue weighted by Crippen LogP contribution is -2.39. The number of hydrogen-bond acceptors (Lipinski definition) is 3. The van der Waals surface area contributed by atoms with Crippen LogP contribution in [0, 0.1) is 13.8 Å². The molecule has 0 aromatic heterocycles. The van der Waals surface area contributed by atoms with Gasteiger partial charge in [0.05, 0.1) is 6.54 Å². The van der Waals surface area contributed by atoms with Crippen molar-refractivity contribution in [3.8, 4) is 11.5 Å². The number of carbonyl (C=O) groups is 1. The van der Waals surface area contributed by atoms with Gasteiger partial charge in [0.2, 0.25) is 0 Å². The summed E-state index contributed by atoms with van der Waals surface area (Å²) in [7, 11) is 0. The van der Waals surface area contributed by atoms with E-state index in [1.165, 1.54) is 11.1 Å². The van der Waals surface area contributed by atoms with E-state index >= 15 is 0 Å². The van der Waals surface area contributed by atoms with Crippen LogP contribution in [-0.2, 0) is 4.79 Å². The van der Waals surface area contributed by atoms with E-state index in [2.05, 4.69) is 25.2 Å². The Morgan fingerprint density at radius 2 is 1.68 bits per heavy atom. The normalized spacial score (nSPS) is 11.8. The van der Waals surface area contributed by atoms with E-state index in [1.54, 1.807) is 0 Å². The second-order valence-corrected chi connectivity index (χ2v) is 6.91. The van der Waals surface area contributed by atoms with Crippen molar-refractivity contribution in [3.63, 3.8) is 0 Å². The summed E-state index contributed by atoms with van der Waals surface area (Å²) in [6, 6.07) is 20.0. The summed E-state index contributed by atoms with van der Waals surface area (Å²) in [5.41, 5.74) is 2.42. The third-order valence-corrected chi connectivity index (χ3v) is 4.81. The van der Waals surface area contributed by atoms with E-state index < -0.39 is 6.10 Å². The average Bonchev–Trinajstić information content (AvgIpc) is 2.71. The van der Waals surface area contributed by atoms with Gasteiger partial charge in [-0.2, -0.15) is 0 Å². The number of rotatable bonds is 8. The number of carbonyl (C=O) groups excluding carboxylic acids is 1. The predicted octanol–water partition coefficient (Wildman–Crippen LogP) is 4.81. The molecule has 1 atom stereocenters. The van der Waals surface area contributed by atoms with E-state index in [9.17, 15) is 4.79 Å². The van der Waals surface area contributed by atoms with Gasteiger partial charge >= 0.3 is 0 Å². The van der Waals surface area contributed by atoms with Crippen molar-refractivity contribution >= 4 is 16.7 Å². The largest absolute Gasteiger partial charge is 0.492 e. The number of fused-ring (bicyclic) bond motifs is 1. The number of benzene rings is 3. The monoisotopic (exact) mass is 377 g/mol. The molecule has 0 aliphatic rings. The molecule has 0 saturated heterocycles. The van der Waals surface area contributed by atoms with Gasteiger partial charge in [-0.1, -0.05) is 43.3 Å². The summed E-state index contributed by atoms with van der Waals surface area (Å²) in [6.45, 7) is 6.92. The maximum Gasteiger partial charge on any atom is 0.261 e. The van der Waals surface area contributed by atoms with Crippen LogP contribution >= 0.6 is 0 Å². The first-order valence-corrected chi connectivity index (χ1v) is 9.70. The van der Waals surface area contributed by atoms with Crippen molar-refractivity contribution in [3.05, 3.63) is 71.8 Å². The minimum atomic E-state index is -0.525. The number of amides is 1. The van der Waals surface area contributed by atoms with Gasteiger partial charge in [0, 0.05) is 0 Å². The van der Waals surface area contributed by atoms with Gasteiger partial charge < -0.3 is 14.8 Å². The van der Waals surface area contributed by atoms with Crippen LogP contribution in [0.2, 0.25) is 0 Å². The summed E-state index contributed by atoms with van der Waals surface area (Å²) in [5, 5.41) is 5.14. The Hall–Kier alpha value is -3.01. The molecule has 146 valence electrons. The zero-order valence-corrected chi connectivity index (χ0v) is 16.7. The summed E-state index contributed by atoms with van der Waals surface area (Å²) in [4.78, 5) is 12.5. The molecule has 4 nitrogen and oxygen atoms in total. The highest BCUT2D eigenvalue weighted by molar-refractivity contribution is 5.84. The summed E-state index contributed by atoms with van der Waals surface area (Å²) in [6.07, 6.45) is 0.0687. The predicted molar refractivity (Wildman–Crippen MR) is 113 cm³/mol. The molecule has 0 fully saturated rings. The lowest BCUT2D eigenvalue weighted by Gasteiger charge is -2.18. The molecular formula is C24H27NO3. The van der Waals surface area contributed by atoms with Crippen LogP contribution in [0.4, 0.5) is 0 Å². The van der Waals surface area contributed by atoms with E-state index in [1.807, 2.05) is 61.5 Å². The van der Waals surface area contributed by atoms with Gasteiger partial charge in [0.25, 0.3) is 5.91 Å². The average molecular weight is 377 g/mol. The first-order chi connectivity index (χ1) is 13.6. The molecule has 1 N–H and O–H groups in total. The van der Waals surface area contributed by atoms with Gasteiger partial charge in [-0.3, -0.25) is 4.79 Å². The molecule has 0 spiro atoms. The third kappa shape index (κ3) is 5.03. The van der Waals surface area contributed by atoms with Crippen molar-refractivity contribution in [2.75, 3.05) is 13.2 Å². The number of nitrogens with one attached hydrogen (secondary N) is 1. The van der Waals surface area contributed by atoms with Crippen molar-refractivity contribution in [2.45, 2.75) is 33.3 Å². The van der Waals surface area contributed by atoms with Crippen molar-refractivity contribution in [2.24, 2.45) is 0 Å². The Kier molecular flexibility index (Phi) is 6.53. The molecule has 3 aromatic rings. The van der Waals surface area contributed by atoms with Crippen LogP contribution in [0.15, 0.2) is 60.7 Å². The van der Waals surface area contributed by atoms with E-state index in [-0.39, 0.29) is 5.91 Å². The van der Waals surface area contributed by atoms with Crippen LogP contribution in [0.1, 0.15) is 24.5 Å². The second-order valence-electron chi connectivity index (χ2n) is 6.91. The highest BCUT2D eigenvalue weighted by atomic mass is 16.5.